The van der Waals surface area contributed by atoms with Gasteiger partial charge in [0.2, 0.25) is 0 Å². The smallest absolute Gasteiger partial charge is 0.168 e. The highest BCUT2D eigenvalue weighted by Crippen LogP contribution is 2.35. The van der Waals surface area contributed by atoms with Gasteiger partial charge in [0.15, 0.2) is 11.6 Å². The SMILES string of the molecule is CNCC1CCCC1Cc1cccc(OC)c1F. The van der Waals surface area contributed by atoms with Gasteiger partial charge < -0.3 is 10.1 Å². The van der Waals surface area contributed by atoms with Crippen molar-refractivity contribution in [2.75, 3.05) is 20.7 Å². The van der Waals surface area contributed by atoms with E-state index in [2.05, 4.69) is 5.32 Å². The molecule has 1 aromatic rings. The summed E-state index contributed by atoms with van der Waals surface area (Å²) in [6.07, 6.45) is 4.57. The van der Waals surface area contributed by atoms with Gasteiger partial charge in [-0.1, -0.05) is 18.6 Å². The lowest BCUT2D eigenvalue weighted by Gasteiger charge is -2.20. The lowest BCUT2D eigenvalue weighted by atomic mass is 9.89. The van der Waals surface area contributed by atoms with Gasteiger partial charge in [0.25, 0.3) is 0 Å². The molecule has 2 unspecified atom stereocenters. The first-order valence-electron chi connectivity index (χ1n) is 6.72. The molecular formula is C15H22FNO. The minimum atomic E-state index is -0.185. The van der Waals surface area contributed by atoms with E-state index < -0.39 is 0 Å². The zero-order valence-electron chi connectivity index (χ0n) is 11.2. The van der Waals surface area contributed by atoms with Crippen molar-refractivity contribution in [3.8, 4) is 5.75 Å². The van der Waals surface area contributed by atoms with Crippen LogP contribution in [0.2, 0.25) is 0 Å². The average molecular weight is 251 g/mol. The van der Waals surface area contributed by atoms with Crippen molar-refractivity contribution in [3.05, 3.63) is 29.6 Å². The van der Waals surface area contributed by atoms with E-state index in [0.29, 0.717) is 17.6 Å². The van der Waals surface area contributed by atoms with Crippen molar-refractivity contribution in [2.45, 2.75) is 25.7 Å². The van der Waals surface area contributed by atoms with Crippen LogP contribution in [0.15, 0.2) is 18.2 Å². The first-order valence-corrected chi connectivity index (χ1v) is 6.72. The highest BCUT2D eigenvalue weighted by molar-refractivity contribution is 5.31. The van der Waals surface area contributed by atoms with Gasteiger partial charge in [0, 0.05) is 0 Å². The van der Waals surface area contributed by atoms with Crippen LogP contribution in [0.5, 0.6) is 5.75 Å². The van der Waals surface area contributed by atoms with Gasteiger partial charge in [-0.15, -0.1) is 0 Å². The molecule has 0 radical (unpaired) electrons. The first-order chi connectivity index (χ1) is 8.76. The second-order valence-electron chi connectivity index (χ2n) is 5.15. The fourth-order valence-corrected chi connectivity index (χ4v) is 3.07. The van der Waals surface area contributed by atoms with Crippen molar-refractivity contribution in [2.24, 2.45) is 11.8 Å². The van der Waals surface area contributed by atoms with E-state index in [1.54, 1.807) is 6.07 Å². The van der Waals surface area contributed by atoms with Gasteiger partial charge >= 0.3 is 0 Å². The highest BCUT2D eigenvalue weighted by Gasteiger charge is 2.27. The normalized spacial score (nSPS) is 23.3. The van der Waals surface area contributed by atoms with Crippen LogP contribution in [0, 0.1) is 17.7 Å². The second kappa shape index (κ2) is 6.19. The van der Waals surface area contributed by atoms with E-state index in [4.69, 9.17) is 4.74 Å². The maximum absolute atomic E-state index is 14.1. The Bertz CT molecular complexity index is 394. The van der Waals surface area contributed by atoms with Gasteiger partial charge in [-0.25, -0.2) is 4.39 Å². The molecule has 0 saturated heterocycles. The van der Waals surface area contributed by atoms with Gasteiger partial charge in [0.1, 0.15) is 0 Å². The minimum Gasteiger partial charge on any atom is -0.494 e. The molecule has 1 aromatic carbocycles. The molecular weight excluding hydrogens is 229 g/mol. The van der Waals surface area contributed by atoms with Crippen molar-refractivity contribution in [1.29, 1.82) is 0 Å². The number of ether oxygens (including phenoxy) is 1. The van der Waals surface area contributed by atoms with Crippen LogP contribution in [-0.4, -0.2) is 20.7 Å². The quantitative estimate of drug-likeness (QED) is 0.868. The van der Waals surface area contributed by atoms with Gasteiger partial charge in [-0.05, 0) is 56.3 Å². The Morgan fingerprint density at radius 1 is 1.33 bits per heavy atom. The molecule has 0 aliphatic heterocycles. The third kappa shape index (κ3) is 2.83. The van der Waals surface area contributed by atoms with E-state index in [1.165, 1.54) is 26.4 Å². The summed E-state index contributed by atoms with van der Waals surface area (Å²) >= 11 is 0. The summed E-state index contributed by atoms with van der Waals surface area (Å²) in [5.74, 6) is 1.45. The third-order valence-corrected chi connectivity index (χ3v) is 4.03. The van der Waals surface area contributed by atoms with Gasteiger partial charge in [-0.2, -0.15) is 0 Å². The molecule has 2 rings (SSSR count). The van der Waals surface area contributed by atoms with E-state index >= 15 is 0 Å². The molecule has 0 spiro atoms. The summed E-state index contributed by atoms with van der Waals surface area (Å²) in [5.41, 5.74) is 0.794. The molecule has 18 heavy (non-hydrogen) atoms. The number of methoxy groups -OCH3 is 1. The molecule has 1 fully saturated rings. The maximum atomic E-state index is 14.1. The van der Waals surface area contributed by atoms with E-state index in [-0.39, 0.29) is 5.82 Å². The number of benzene rings is 1. The van der Waals surface area contributed by atoms with Crippen molar-refractivity contribution in [3.63, 3.8) is 0 Å². The van der Waals surface area contributed by atoms with Gasteiger partial charge in [-0.3, -0.25) is 0 Å². The summed E-state index contributed by atoms with van der Waals surface area (Å²) in [6, 6.07) is 5.43. The monoisotopic (exact) mass is 251 g/mol. The standard InChI is InChI=1S/C15H22FNO/c1-17-10-13-7-3-5-11(13)9-12-6-4-8-14(18-2)15(12)16/h4,6,8,11,13,17H,3,5,7,9-10H2,1-2H3. The molecule has 0 bridgehead atoms. The summed E-state index contributed by atoms with van der Waals surface area (Å²) in [6.45, 7) is 1.04. The zero-order valence-corrected chi connectivity index (χ0v) is 11.2. The molecule has 2 atom stereocenters. The Kier molecular flexibility index (Phi) is 4.59. The van der Waals surface area contributed by atoms with Crippen LogP contribution >= 0.6 is 0 Å². The molecule has 1 N–H and O–H groups in total. The molecule has 1 aliphatic rings. The lowest BCUT2D eigenvalue weighted by molar-refractivity contribution is 0.359. The van der Waals surface area contributed by atoms with E-state index in [9.17, 15) is 4.39 Å². The van der Waals surface area contributed by atoms with Crippen LogP contribution in [0.25, 0.3) is 0 Å². The number of nitrogens with one attached hydrogen (secondary N) is 1. The van der Waals surface area contributed by atoms with Gasteiger partial charge in [0.05, 0.1) is 7.11 Å². The topological polar surface area (TPSA) is 21.3 Å². The van der Waals surface area contributed by atoms with Crippen molar-refractivity contribution < 1.29 is 9.13 Å². The van der Waals surface area contributed by atoms with E-state index in [1.807, 2.05) is 19.2 Å². The second-order valence-corrected chi connectivity index (χ2v) is 5.15. The molecule has 0 amide bonds. The van der Waals surface area contributed by atoms with Crippen molar-refractivity contribution >= 4 is 0 Å². The average Bonchev–Trinajstić information content (AvgIpc) is 2.80. The number of rotatable bonds is 5. The lowest BCUT2D eigenvalue weighted by Crippen LogP contribution is -2.23. The number of hydrogen-bond donors (Lipinski definition) is 1. The molecule has 0 aromatic heterocycles. The number of halogens is 1. The molecule has 3 heteroatoms. The first kappa shape index (κ1) is 13.3. The summed E-state index contributed by atoms with van der Waals surface area (Å²) in [4.78, 5) is 0. The van der Waals surface area contributed by atoms with Crippen molar-refractivity contribution in [1.82, 2.24) is 5.32 Å². The van der Waals surface area contributed by atoms with Crippen LogP contribution < -0.4 is 10.1 Å². The zero-order chi connectivity index (χ0) is 13.0. The molecule has 100 valence electrons. The molecule has 1 saturated carbocycles. The Labute approximate surface area is 109 Å². The van der Waals surface area contributed by atoms with Crippen LogP contribution in [0.3, 0.4) is 0 Å². The highest BCUT2D eigenvalue weighted by atomic mass is 19.1. The fourth-order valence-electron chi connectivity index (χ4n) is 3.07. The van der Waals surface area contributed by atoms with Crippen LogP contribution in [-0.2, 0) is 6.42 Å². The Morgan fingerprint density at radius 3 is 2.83 bits per heavy atom. The maximum Gasteiger partial charge on any atom is 0.168 e. The summed E-state index contributed by atoms with van der Waals surface area (Å²) in [7, 11) is 3.50. The predicted octanol–water partition coefficient (Wildman–Crippen LogP) is 3.01. The molecule has 1 aliphatic carbocycles. The Morgan fingerprint density at radius 2 is 2.11 bits per heavy atom. The Balaban J connectivity index is 2.09. The van der Waals surface area contributed by atoms with Crippen LogP contribution in [0.1, 0.15) is 24.8 Å². The molecule has 0 heterocycles. The Hall–Kier alpha value is -1.09. The third-order valence-electron chi connectivity index (χ3n) is 4.03. The summed E-state index contributed by atoms with van der Waals surface area (Å²) in [5, 5.41) is 3.24. The summed E-state index contributed by atoms with van der Waals surface area (Å²) < 4.78 is 19.1. The fraction of sp³-hybridized carbons (Fsp3) is 0.600. The van der Waals surface area contributed by atoms with E-state index in [0.717, 1.165) is 18.5 Å². The predicted molar refractivity (Wildman–Crippen MR) is 71.4 cm³/mol. The largest absolute Gasteiger partial charge is 0.494 e. The van der Waals surface area contributed by atoms with Crippen LogP contribution in [0.4, 0.5) is 4.39 Å². The molecule has 2 nitrogen and oxygen atoms in total. The minimum absolute atomic E-state index is 0.185. The number of hydrogen-bond acceptors (Lipinski definition) is 2.